The number of amides is 2. The number of methoxy groups -OCH3 is 1. The van der Waals surface area contributed by atoms with E-state index in [4.69, 9.17) is 4.74 Å². The van der Waals surface area contributed by atoms with Crippen LogP contribution in [0.3, 0.4) is 0 Å². The maximum Gasteiger partial charge on any atom is 0.270 e. The molecule has 1 aliphatic rings. The molecule has 0 radical (unpaired) electrons. The molecule has 0 bridgehead atoms. The van der Waals surface area contributed by atoms with E-state index in [0.717, 1.165) is 30.1 Å². The van der Waals surface area contributed by atoms with Crippen molar-refractivity contribution in [2.24, 2.45) is 0 Å². The second kappa shape index (κ2) is 8.53. The first-order valence-electron chi connectivity index (χ1n) is 8.95. The second-order valence-corrected chi connectivity index (χ2v) is 6.39. The third kappa shape index (κ3) is 4.55. The Morgan fingerprint density at radius 2 is 1.89 bits per heavy atom. The van der Waals surface area contributed by atoms with Crippen LogP contribution in [0.15, 0.2) is 42.6 Å². The van der Waals surface area contributed by atoms with Crippen molar-refractivity contribution in [3.05, 3.63) is 53.9 Å². The van der Waals surface area contributed by atoms with Gasteiger partial charge < -0.3 is 19.9 Å². The molecule has 1 aromatic heterocycles. The van der Waals surface area contributed by atoms with Crippen LogP contribution < -0.4 is 15.0 Å². The van der Waals surface area contributed by atoms with Crippen molar-refractivity contribution in [3.8, 4) is 5.75 Å². The minimum Gasteiger partial charge on any atom is -0.496 e. The highest BCUT2D eigenvalue weighted by atomic mass is 16.5. The van der Waals surface area contributed by atoms with Gasteiger partial charge in [-0.2, -0.15) is 0 Å². The molecule has 2 aromatic rings. The molecule has 0 saturated carbocycles. The van der Waals surface area contributed by atoms with E-state index in [1.165, 1.54) is 0 Å². The van der Waals surface area contributed by atoms with Crippen molar-refractivity contribution < 1.29 is 14.3 Å². The summed E-state index contributed by atoms with van der Waals surface area (Å²) in [5.74, 6) is 0.605. The average Bonchev–Trinajstić information content (AvgIpc) is 2.72. The highest BCUT2D eigenvalue weighted by Gasteiger charge is 2.19. The fourth-order valence-corrected chi connectivity index (χ4v) is 3.13. The highest BCUT2D eigenvalue weighted by Crippen LogP contribution is 2.18. The lowest BCUT2D eigenvalue weighted by atomic mass is 10.2. The van der Waals surface area contributed by atoms with Crippen molar-refractivity contribution in [2.45, 2.75) is 13.5 Å². The van der Waals surface area contributed by atoms with Crippen molar-refractivity contribution in [1.82, 2.24) is 15.2 Å². The number of pyridine rings is 1. The van der Waals surface area contributed by atoms with Gasteiger partial charge in [0.05, 0.1) is 7.11 Å². The van der Waals surface area contributed by atoms with Gasteiger partial charge >= 0.3 is 0 Å². The van der Waals surface area contributed by atoms with Crippen LogP contribution in [0.2, 0.25) is 0 Å². The van der Waals surface area contributed by atoms with E-state index in [2.05, 4.69) is 15.2 Å². The maximum atomic E-state index is 12.5. The first-order chi connectivity index (χ1) is 13.1. The largest absolute Gasteiger partial charge is 0.496 e. The van der Waals surface area contributed by atoms with Gasteiger partial charge in [0, 0.05) is 57.1 Å². The number of piperazine rings is 1. The normalized spacial score (nSPS) is 14.0. The van der Waals surface area contributed by atoms with Crippen molar-refractivity contribution >= 4 is 17.5 Å². The third-order valence-electron chi connectivity index (χ3n) is 4.70. The van der Waals surface area contributed by atoms with Crippen LogP contribution in [0.5, 0.6) is 5.75 Å². The van der Waals surface area contributed by atoms with E-state index in [1.807, 2.05) is 35.2 Å². The van der Waals surface area contributed by atoms with Crippen LogP contribution in [0.4, 0.5) is 5.69 Å². The van der Waals surface area contributed by atoms with E-state index >= 15 is 0 Å². The minimum atomic E-state index is -0.231. The van der Waals surface area contributed by atoms with Crippen LogP contribution in [-0.2, 0) is 11.3 Å². The molecule has 3 rings (SSSR count). The fourth-order valence-electron chi connectivity index (χ4n) is 3.13. The number of rotatable bonds is 5. The van der Waals surface area contributed by atoms with Crippen LogP contribution in [0, 0.1) is 0 Å². The SMILES string of the molecule is COc1ccccc1CNC(=O)c1cc(N2CCN(C(C)=O)CC2)ccn1. The molecule has 7 heteroatoms. The zero-order chi connectivity index (χ0) is 19.2. The Kier molecular flexibility index (Phi) is 5.90. The summed E-state index contributed by atoms with van der Waals surface area (Å²) in [4.78, 5) is 32.2. The summed E-state index contributed by atoms with van der Waals surface area (Å²) in [5.41, 5.74) is 2.22. The van der Waals surface area contributed by atoms with Crippen LogP contribution in [0.25, 0.3) is 0 Å². The van der Waals surface area contributed by atoms with Gasteiger partial charge in [-0.15, -0.1) is 0 Å². The van der Waals surface area contributed by atoms with Gasteiger partial charge in [-0.3, -0.25) is 14.6 Å². The summed E-state index contributed by atoms with van der Waals surface area (Å²) in [7, 11) is 1.61. The van der Waals surface area contributed by atoms with E-state index in [9.17, 15) is 9.59 Å². The number of para-hydroxylation sites is 1. The van der Waals surface area contributed by atoms with Gasteiger partial charge in [0.2, 0.25) is 5.91 Å². The first kappa shape index (κ1) is 18.7. The Bertz CT molecular complexity index is 816. The first-order valence-corrected chi connectivity index (χ1v) is 8.95. The molecule has 2 heterocycles. The summed E-state index contributed by atoms with van der Waals surface area (Å²) in [6.45, 7) is 4.82. The van der Waals surface area contributed by atoms with Crippen LogP contribution in [-0.4, -0.2) is 55.0 Å². The predicted octanol–water partition coefficient (Wildman–Crippen LogP) is 1.69. The molecule has 142 valence electrons. The summed E-state index contributed by atoms with van der Waals surface area (Å²) in [6, 6.07) is 11.3. The number of carbonyl (C=O) groups is 2. The van der Waals surface area contributed by atoms with Gasteiger partial charge in [0.15, 0.2) is 0 Å². The molecule has 1 saturated heterocycles. The van der Waals surface area contributed by atoms with Gasteiger partial charge in [0.25, 0.3) is 5.91 Å². The van der Waals surface area contributed by atoms with Gasteiger partial charge in [-0.1, -0.05) is 18.2 Å². The molecule has 0 aliphatic carbocycles. The Morgan fingerprint density at radius 1 is 1.15 bits per heavy atom. The topological polar surface area (TPSA) is 74.8 Å². The maximum absolute atomic E-state index is 12.5. The molecule has 0 atom stereocenters. The van der Waals surface area contributed by atoms with Crippen LogP contribution in [0.1, 0.15) is 23.0 Å². The zero-order valence-electron chi connectivity index (χ0n) is 15.6. The minimum absolute atomic E-state index is 0.0979. The van der Waals surface area contributed by atoms with E-state index in [-0.39, 0.29) is 11.8 Å². The lowest BCUT2D eigenvalue weighted by molar-refractivity contribution is -0.129. The molecule has 1 N–H and O–H groups in total. The summed E-state index contributed by atoms with van der Waals surface area (Å²) in [5, 5.41) is 2.89. The number of hydrogen-bond donors (Lipinski definition) is 1. The number of ether oxygens (including phenoxy) is 1. The van der Waals surface area contributed by atoms with E-state index < -0.39 is 0 Å². The molecule has 1 fully saturated rings. The average molecular weight is 368 g/mol. The lowest BCUT2D eigenvalue weighted by Gasteiger charge is -2.35. The molecule has 0 unspecified atom stereocenters. The quantitative estimate of drug-likeness (QED) is 0.869. The van der Waals surface area contributed by atoms with E-state index in [0.29, 0.717) is 25.3 Å². The van der Waals surface area contributed by atoms with Crippen LogP contribution >= 0.6 is 0 Å². The molecule has 7 nitrogen and oxygen atoms in total. The molecular weight excluding hydrogens is 344 g/mol. The Morgan fingerprint density at radius 3 is 2.59 bits per heavy atom. The predicted molar refractivity (Wildman–Crippen MR) is 103 cm³/mol. The van der Waals surface area contributed by atoms with Gasteiger partial charge in [-0.25, -0.2) is 0 Å². The number of nitrogens with zero attached hydrogens (tertiary/aromatic N) is 3. The number of hydrogen-bond acceptors (Lipinski definition) is 5. The lowest BCUT2D eigenvalue weighted by Crippen LogP contribution is -2.48. The van der Waals surface area contributed by atoms with Gasteiger partial charge in [-0.05, 0) is 18.2 Å². The Balaban J connectivity index is 1.63. The number of benzene rings is 1. The Hall–Kier alpha value is -3.09. The molecule has 1 aromatic carbocycles. The zero-order valence-corrected chi connectivity index (χ0v) is 15.6. The summed E-state index contributed by atoms with van der Waals surface area (Å²) >= 11 is 0. The number of carbonyl (C=O) groups excluding carboxylic acids is 2. The van der Waals surface area contributed by atoms with Crippen molar-refractivity contribution in [3.63, 3.8) is 0 Å². The molecule has 1 aliphatic heterocycles. The monoisotopic (exact) mass is 368 g/mol. The van der Waals surface area contributed by atoms with Gasteiger partial charge in [0.1, 0.15) is 11.4 Å². The fraction of sp³-hybridized carbons (Fsp3) is 0.350. The number of nitrogens with one attached hydrogen (secondary N) is 1. The van der Waals surface area contributed by atoms with Crippen molar-refractivity contribution in [2.75, 3.05) is 38.2 Å². The Labute approximate surface area is 158 Å². The molecular formula is C20H24N4O3. The molecule has 0 spiro atoms. The summed E-state index contributed by atoms with van der Waals surface area (Å²) < 4.78 is 5.31. The van der Waals surface area contributed by atoms with Crippen molar-refractivity contribution in [1.29, 1.82) is 0 Å². The molecule has 2 amide bonds. The number of aromatic nitrogens is 1. The standard InChI is InChI=1S/C20H24N4O3/c1-15(25)23-9-11-24(12-10-23)17-7-8-21-18(13-17)20(26)22-14-16-5-3-4-6-19(16)27-2/h3-8,13H,9-12,14H2,1-2H3,(H,22,26). The summed E-state index contributed by atoms with van der Waals surface area (Å²) in [6.07, 6.45) is 1.64. The van der Waals surface area contributed by atoms with E-state index in [1.54, 1.807) is 26.3 Å². The second-order valence-electron chi connectivity index (χ2n) is 6.39. The third-order valence-corrected chi connectivity index (χ3v) is 4.70. The highest BCUT2D eigenvalue weighted by molar-refractivity contribution is 5.93. The molecule has 27 heavy (non-hydrogen) atoms. The smallest absolute Gasteiger partial charge is 0.270 e. The number of anilines is 1.